The average molecular weight is 363 g/mol. The molecule has 6 heteroatoms. The molecule has 0 N–H and O–H groups in total. The SMILES string of the molecule is O=C(OCC(=O)c1ccccc1Br)c1ccc2c(c1)OCO2. The number of fused-ring (bicyclic) bond motifs is 1. The quantitative estimate of drug-likeness (QED) is 0.617. The van der Waals surface area contributed by atoms with E-state index >= 15 is 0 Å². The average Bonchev–Trinajstić information content (AvgIpc) is 3.00. The van der Waals surface area contributed by atoms with Crippen LogP contribution in [0.15, 0.2) is 46.9 Å². The third kappa shape index (κ3) is 2.96. The van der Waals surface area contributed by atoms with Gasteiger partial charge in [-0.1, -0.05) is 34.1 Å². The zero-order valence-electron chi connectivity index (χ0n) is 11.4. The second-order valence-electron chi connectivity index (χ2n) is 4.55. The molecule has 2 aromatic rings. The molecule has 5 nitrogen and oxygen atoms in total. The fraction of sp³-hybridized carbons (Fsp3) is 0.125. The van der Waals surface area contributed by atoms with E-state index in [9.17, 15) is 9.59 Å². The van der Waals surface area contributed by atoms with Crippen LogP contribution in [0, 0.1) is 0 Å². The van der Waals surface area contributed by atoms with Crippen LogP contribution in [0.1, 0.15) is 20.7 Å². The maximum atomic E-state index is 12.0. The highest BCUT2D eigenvalue weighted by molar-refractivity contribution is 9.10. The highest BCUT2D eigenvalue weighted by Gasteiger charge is 2.18. The van der Waals surface area contributed by atoms with E-state index in [0.29, 0.717) is 27.1 Å². The van der Waals surface area contributed by atoms with Gasteiger partial charge in [-0.05, 0) is 24.3 Å². The fourth-order valence-electron chi connectivity index (χ4n) is 2.00. The molecule has 2 aromatic carbocycles. The first-order chi connectivity index (χ1) is 10.6. The van der Waals surface area contributed by atoms with Gasteiger partial charge in [0.25, 0.3) is 0 Å². The van der Waals surface area contributed by atoms with E-state index in [0.717, 1.165) is 0 Å². The Kier molecular flexibility index (Phi) is 4.11. The molecule has 1 aliphatic rings. The van der Waals surface area contributed by atoms with E-state index in [-0.39, 0.29) is 19.2 Å². The van der Waals surface area contributed by atoms with Crippen molar-refractivity contribution < 1.29 is 23.8 Å². The van der Waals surface area contributed by atoms with E-state index in [4.69, 9.17) is 14.2 Å². The molecular formula is C16H11BrO5. The van der Waals surface area contributed by atoms with Crippen LogP contribution in [0.25, 0.3) is 0 Å². The Balaban J connectivity index is 1.65. The lowest BCUT2D eigenvalue weighted by atomic mass is 10.1. The molecular weight excluding hydrogens is 352 g/mol. The number of rotatable bonds is 4. The number of carbonyl (C=O) groups excluding carboxylic acids is 2. The zero-order chi connectivity index (χ0) is 15.5. The van der Waals surface area contributed by atoms with E-state index in [2.05, 4.69) is 15.9 Å². The van der Waals surface area contributed by atoms with Crippen LogP contribution in [-0.4, -0.2) is 25.2 Å². The molecule has 112 valence electrons. The van der Waals surface area contributed by atoms with Gasteiger partial charge in [0.15, 0.2) is 18.1 Å². The zero-order valence-corrected chi connectivity index (χ0v) is 13.0. The summed E-state index contributed by atoms with van der Waals surface area (Å²) in [5.74, 6) is 0.215. The van der Waals surface area contributed by atoms with Gasteiger partial charge in [0.1, 0.15) is 0 Å². The molecule has 0 amide bonds. The maximum absolute atomic E-state index is 12.0. The van der Waals surface area contributed by atoms with Crippen LogP contribution in [0.2, 0.25) is 0 Å². The summed E-state index contributed by atoms with van der Waals surface area (Å²) in [6.07, 6.45) is 0. The number of hydrogen-bond acceptors (Lipinski definition) is 5. The lowest BCUT2D eigenvalue weighted by Gasteiger charge is -2.06. The minimum Gasteiger partial charge on any atom is -0.454 e. The highest BCUT2D eigenvalue weighted by Crippen LogP contribution is 2.32. The predicted molar refractivity (Wildman–Crippen MR) is 81.3 cm³/mol. The number of hydrogen-bond donors (Lipinski definition) is 0. The van der Waals surface area contributed by atoms with E-state index < -0.39 is 5.97 Å². The van der Waals surface area contributed by atoms with Crippen LogP contribution < -0.4 is 9.47 Å². The lowest BCUT2D eigenvalue weighted by molar-refractivity contribution is 0.0474. The summed E-state index contributed by atoms with van der Waals surface area (Å²) in [5, 5.41) is 0. The Bertz CT molecular complexity index is 741. The minimum atomic E-state index is -0.585. The molecule has 0 saturated carbocycles. The number of esters is 1. The van der Waals surface area contributed by atoms with E-state index in [1.807, 2.05) is 0 Å². The van der Waals surface area contributed by atoms with Crippen molar-refractivity contribution in [2.75, 3.05) is 13.4 Å². The number of ether oxygens (including phenoxy) is 3. The van der Waals surface area contributed by atoms with Crippen LogP contribution in [0.5, 0.6) is 11.5 Å². The second kappa shape index (κ2) is 6.19. The molecule has 0 spiro atoms. The Morgan fingerprint density at radius 2 is 1.86 bits per heavy atom. The molecule has 0 saturated heterocycles. The van der Waals surface area contributed by atoms with Gasteiger partial charge < -0.3 is 14.2 Å². The van der Waals surface area contributed by atoms with Gasteiger partial charge in [-0.25, -0.2) is 4.79 Å². The number of ketones is 1. The van der Waals surface area contributed by atoms with Crippen molar-refractivity contribution in [1.29, 1.82) is 0 Å². The third-order valence-corrected chi connectivity index (χ3v) is 3.81. The van der Waals surface area contributed by atoms with Crippen LogP contribution in [0.4, 0.5) is 0 Å². The lowest BCUT2D eigenvalue weighted by Crippen LogP contribution is -2.14. The van der Waals surface area contributed by atoms with Crippen molar-refractivity contribution in [3.8, 4) is 11.5 Å². The Hall–Kier alpha value is -2.34. The molecule has 0 unspecified atom stereocenters. The highest BCUT2D eigenvalue weighted by atomic mass is 79.9. The summed E-state index contributed by atoms with van der Waals surface area (Å²) in [5.41, 5.74) is 0.783. The first kappa shape index (κ1) is 14.6. The van der Waals surface area contributed by atoms with Gasteiger partial charge in [-0.2, -0.15) is 0 Å². The van der Waals surface area contributed by atoms with Crippen LogP contribution in [0.3, 0.4) is 0 Å². The summed E-state index contributed by atoms with van der Waals surface area (Å²) in [6, 6.07) is 11.7. The summed E-state index contributed by atoms with van der Waals surface area (Å²) in [6.45, 7) is -0.190. The predicted octanol–water partition coefficient (Wildman–Crippen LogP) is 3.22. The second-order valence-corrected chi connectivity index (χ2v) is 5.40. The smallest absolute Gasteiger partial charge is 0.338 e. The molecule has 0 aliphatic carbocycles. The maximum Gasteiger partial charge on any atom is 0.338 e. The molecule has 0 fully saturated rings. The summed E-state index contributed by atoms with van der Waals surface area (Å²) < 4.78 is 16.1. The van der Waals surface area contributed by atoms with Crippen molar-refractivity contribution in [2.24, 2.45) is 0 Å². The minimum absolute atomic E-state index is 0.133. The molecule has 1 heterocycles. The number of benzene rings is 2. The largest absolute Gasteiger partial charge is 0.454 e. The number of carbonyl (C=O) groups is 2. The van der Waals surface area contributed by atoms with Gasteiger partial charge in [0, 0.05) is 10.0 Å². The van der Waals surface area contributed by atoms with Gasteiger partial charge in [-0.3, -0.25) is 4.79 Å². The van der Waals surface area contributed by atoms with Gasteiger partial charge >= 0.3 is 5.97 Å². The third-order valence-electron chi connectivity index (χ3n) is 3.12. The molecule has 0 aromatic heterocycles. The topological polar surface area (TPSA) is 61.8 Å². The summed E-state index contributed by atoms with van der Waals surface area (Å²) in [4.78, 5) is 24.0. The van der Waals surface area contributed by atoms with Gasteiger partial charge in [0.2, 0.25) is 12.6 Å². The Morgan fingerprint density at radius 1 is 1.09 bits per heavy atom. The first-order valence-electron chi connectivity index (χ1n) is 6.49. The first-order valence-corrected chi connectivity index (χ1v) is 7.29. The molecule has 1 aliphatic heterocycles. The molecule has 0 bridgehead atoms. The van der Waals surface area contributed by atoms with E-state index in [1.54, 1.807) is 36.4 Å². The molecule has 3 rings (SSSR count). The number of Topliss-reactive ketones (excluding diaryl/α,β-unsaturated/α-hetero) is 1. The van der Waals surface area contributed by atoms with Crippen molar-refractivity contribution in [3.63, 3.8) is 0 Å². The normalized spacial score (nSPS) is 12.0. The molecule has 22 heavy (non-hydrogen) atoms. The monoisotopic (exact) mass is 362 g/mol. The van der Waals surface area contributed by atoms with E-state index in [1.165, 1.54) is 6.07 Å². The molecule has 0 atom stereocenters. The van der Waals surface area contributed by atoms with Gasteiger partial charge in [0.05, 0.1) is 5.56 Å². The standard InChI is InChI=1S/C16H11BrO5/c17-12-4-2-1-3-11(12)13(18)8-20-16(19)10-5-6-14-15(7-10)22-9-21-14/h1-7H,8-9H2. The van der Waals surface area contributed by atoms with Crippen molar-refractivity contribution >= 4 is 27.7 Å². The summed E-state index contributed by atoms with van der Waals surface area (Å²) in [7, 11) is 0. The number of halogens is 1. The van der Waals surface area contributed by atoms with Crippen LogP contribution in [-0.2, 0) is 4.74 Å². The molecule has 0 radical (unpaired) electrons. The van der Waals surface area contributed by atoms with Gasteiger partial charge in [-0.15, -0.1) is 0 Å². The van der Waals surface area contributed by atoms with Crippen molar-refractivity contribution in [2.45, 2.75) is 0 Å². The van der Waals surface area contributed by atoms with Crippen molar-refractivity contribution in [3.05, 3.63) is 58.1 Å². The fourth-order valence-corrected chi connectivity index (χ4v) is 2.51. The Labute approximate surface area is 134 Å². The van der Waals surface area contributed by atoms with Crippen molar-refractivity contribution in [1.82, 2.24) is 0 Å². The van der Waals surface area contributed by atoms with Crippen LogP contribution >= 0.6 is 15.9 Å². The summed E-state index contributed by atoms with van der Waals surface area (Å²) >= 11 is 3.29. The Morgan fingerprint density at radius 3 is 2.68 bits per heavy atom.